The number of methoxy groups -OCH3 is 1. The van der Waals surface area contributed by atoms with E-state index < -0.39 is 11.7 Å². The van der Waals surface area contributed by atoms with Crippen LogP contribution in [-0.4, -0.2) is 41.2 Å². The molecule has 1 aromatic heterocycles. The first-order chi connectivity index (χ1) is 7.58. The number of pyridine rings is 1. The number of hydrogen-bond acceptors (Lipinski definition) is 6. The van der Waals surface area contributed by atoms with E-state index in [1.807, 2.05) is 0 Å². The number of aromatic nitrogens is 1. The molecule has 0 atom stereocenters. The highest BCUT2D eigenvalue weighted by Crippen LogP contribution is 2.26. The normalized spacial score (nSPS) is 9.56. The summed E-state index contributed by atoms with van der Waals surface area (Å²) in [5.41, 5.74) is 0. The average molecular weight is 226 g/mol. The van der Waals surface area contributed by atoms with Gasteiger partial charge in [0.1, 0.15) is 12.3 Å². The summed E-state index contributed by atoms with van der Waals surface area (Å²) in [7, 11) is 1.18. The zero-order chi connectivity index (χ0) is 12.1. The molecular weight excluding hydrogens is 216 g/mol. The van der Waals surface area contributed by atoms with E-state index in [0.29, 0.717) is 6.41 Å². The van der Waals surface area contributed by atoms with E-state index in [2.05, 4.69) is 9.72 Å². The van der Waals surface area contributed by atoms with Crippen molar-refractivity contribution >= 4 is 18.2 Å². The fourth-order valence-electron chi connectivity index (χ4n) is 1.02. The van der Waals surface area contributed by atoms with Gasteiger partial charge >= 0.3 is 5.97 Å². The lowest BCUT2D eigenvalue weighted by Crippen LogP contribution is -2.29. The van der Waals surface area contributed by atoms with Crippen molar-refractivity contribution in [2.75, 3.05) is 18.6 Å². The van der Waals surface area contributed by atoms with Crippen LogP contribution >= 0.6 is 0 Å². The average Bonchev–Trinajstić information content (AvgIpc) is 2.26. The third kappa shape index (κ3) is 2.59. The number of esters is 1. The molecule has 0 fully saturated rings. The molecule has 1 heterocycles. The lowest BCUT2D eigenvalue weighted by molar-refractivity contribution is -0.139. The van der Waals surface area contributed by atoms with Gasteiger partial charge in [0.05, 0.1) is 13.3 Å². The molecule has 86 valence electrons. The van der Waals surface area contributed by atoms with Crippen LogP contribution in [0, 0.1) is 0 Å². The van der Waals surface area contributed by atoms with E-state index >= 15 is 0 Å². The molecule has 7 nitrogen and oxygen atoms in total. The van der Waals surface area contributed by atoms with E-state index in [4.69, 9.17) is 5.11 Å². The molecule has 1 amide bonds. The number of rotatable bonds is 4. The Kier molecular flexibility index (Phi) is 3.65. The Balaban J connectivity index is 2.95. The Morgan fingerprint density at radius 1 is 1.62 bits per heavy atom. The Bertz CT molecular complexity index is 407. The van der Waals surface area contributed by atoms with E-state index in [1.54, 1.807) is 0 Å². The van der Waals surface area contributed by atoms with Crippen molar-refractivity contribution in [3.05, 3.63) is 12.3 Å². The largest absolute Gasteiger partial charge is 0.506 e. The summed E-state index contributed by atoms with van der Waals surface area (Å²) < 4.78 is 4.37. The highest BCUT2D eigenvalue weighted by molar-refractivity contribution is 5.86. The maximum atomic E-state index is 11.0. The zero-order valence-electron chi connectivity index (χ0n) is 8.45. The minimum atomic E-state index is -0.652. The van der Waals surface area contributed by atoms with Crippen molar-refractivity contribution in [3.8, 4) is 11.5 Å². The maximum Gasteiger partial charge on any atom is 0.325 e. The number of anilines is 1. The minimum absolute atomic E-state index is 0.127. The number of nitrogens with zero attached hydrogens (tertiary/aromatic N) is 2. The molecule has 1 aromatic rings. The molecule has 0 aliphatic heterocycles. The molecule has 0 aliphatic rings. The van der Waals surface area contributed by atoms with Gasteiger partial charge in [-0.3, -0.25) is 14.5 Å². The van der Waals surface area contributed by atoms with E-state index in [0.717, 1.165) is 17.2 Å². The Morgan fingerprint density at radius 3 is 2.81 bits per heavy atom. The summed E-state index contributed by atoms with van der Waals surface area (Å²) in [4.78, 5) is 26.1. The molecule has 0 bridgehead atoms. The molecule has 0 saturated carbocycles. The number of aromatic hydroxyl groups is 2. The van der Waals surface area contributed by atoms with E-state index in [9.17, 15) is 14.7 Å². The fraction of sp³-hybridized carbons (Fsp3) is 0.222. The summed E-state index contributed by atoms with van der Waals surface area (Å²) in [5, 5.41) is 18.4. The third-order valence-electron chi connectivity index (χ3n) is 1.76. The quantitative estimate of drug-likeness (QED) is 0.536. The van der Waals surface area contributed by atoms with Gasteiger partial charge in [-0.05, 0) is 0 Å². The molecule has 0 spiro atoms. The van der Waals surface area contributed by atoms with E-state index in [-0.39, 0.29) is 18.1 Å². The van der Waals surface area contributed by atoms with Crippen LogP contribution in [0.15, 0.2) is 12.3 Å². The summed E-state index contributed by atoms with van der Waals surface area (Å²) in [5.74, 6) is -1.43. The fourth-order valence-corrected chi connectivity index (χ4v) is 1.02. The van der Waals surface area contributed by atoms with Crippen molar-refractivity contribution in [3.63, 3.8) is 0 Å². The second-order valence-electron chi connectivity index (χ2n) is 2.85. The number of ether oxygens (including phenoxy) is 1. The first-order valence-corrected chi connectivity index (χ1v) is 4.25. The molecule has 0 saturated heterocycles. The monoisotopic (exact) mass is 226 g/mol. The lowest BCUT2D eigenvalue weighted by Gasteiger charge is -2.15. The number of amides is 1. The molecule has 2 N–H and O–H groups in total. The van der Waals surface area contributed by atoms with Crippen LogP contribution in [0.2, 0.25) is 0 Å². The number of carbonyl (C=O) groups is 2. The van der Waals surface area contributed by atoms with Gasteiger partial charge in [-0.2, -0.15) is 0 Å². The van der Waals surface area contributed by atoms with Crippen LogP contribution in [0.5, 0.6) is 11.5 Å². The zero-order valence-corrected chi connectivity index (χ0v) is 8.45. The first kappa shape index (κ1) is 11.8. The van der Waals surface area contributed by atoms with Gasteiger partial charge < -0.3 is 14.9 Å². The molecule has 0 aromatic carbocycles. The van der Waals surface area contributed by atoms with Crippen LogP contribution in [-0.2, 0) is 14.3 Å². The van der Waals surface area contributed by atoms with Crippen molar-refractivity contribution in [2.24, 2.45) is 0 Å². The SMILES string of the molecule is COC(=O)CN(C=O)c1ncc(O)cc1O. The van der Waals surface area contributed by atoms with Crippen LogP contribution in [0.25, 0.3) is 0 Å². The molecule has 0 radical (unpaired) electrons. The van der Waals surface area contributed by atoms with Crippen LogP contribution < -0.4 is 4.90 Å². The minimum Gasteiger partial charge on any atom is -0.506 e. The number of hydrogen-bond donors (Lipinski definition) is 2. The highest BCUT2D eigenvalue weighted by atomic mass is 16.5. The van der Waals surface area contributed by atoms with Crippen LogP contribution in [0.1, 0.15) is 0 Å². The molecule has 1 rings (SSSR count). The van der Waals surface area contributed by atoms with Gasteiger partial charge in [0.25, 0.3) is 0 Å². The van der Waals surface area contributed by atoms with Gasteiger partial charge in [-0.25, -0.2) is 4.98 Å². The Labute approximate surface area is 90.9 Å². The highest BCUT2D eigenvalue weighted by Gasteiger charge is 2.16. The molecule has 0 unspecified atom stereocenters. The van der Waals surface area contributed by atoms with Crippen molar-refractivity contribution < 1.29 is 24.5 Å². The van der Waals surface area contributed by atoms with Gasteiger partial charge in [0.2, 0.25) is 6.41 Å². The standard InChI is InChI=1S/C9H10N2O5/c1-16-8(15)4-11(5-12)9-7(14)2-6(13)3-10-9/h2-3,5,13-14H,4H2,1H3. The second kappa shape index (κ2) is 4.96. The van der Waals surface area contributed by atoms with Crippen molar-refractivity contribution in [1.29, 1.82) is 0 Å². The summed E-state index contributed by atoms with van der Waals surface area (Å²) in [6.45, 7) is -0.370. The predicted molar refractivity (Wildman–Crippen MR) is 53.0 cm³/mol. The predicted octanol–water partition coefficient (Wildman–Crippen LogP) is -0.371. The third-order valence-corrected chi connectivity index (χ3v) is 1.76. The number of carbonyl (C=O) groups excluding carboxylic acids is 2. The topological polar surface area (TPSA) is 100.0 Å². The second-order valence-corrected chi connectivity index (χ2v) is 2.85. The maximum absolute atomic E-state index is 11.0. The van der Waals surface area contributed by atoms with Crippen molar-refractivity contribution in [1.82, 2.24) is 4.98 Å². The van der Waals surface area contributed by atoms with Gasteiger partial charge in [-0.1, -0.05) is 0 Å². The molecule has 0 aliphatic carbocycles. The van der Waals surface area contributed by atoms with Gasteiger partial charge in [0.15, 0.2) is 11.6 Å². The van der Waals surface area contributed by atoms with Crippen LogP contribution in [0.4, 0.5) is 5.82 Å². The molecule has 7 heteroatoms. The van der Waals surface area contributed by atoms with Gasteiger partial charge in [0, 0.05) is 6.07 Å². The Hall–Kier alpha value is -2.31. The van der Waals surface area contributed by atoms with E-state index in [1.165, 1.54) is 7.11 Å². The molecule has 16 heavy (non-hydrogen) atoms. The summed E-state index contributed by atoms with van der Waals surface area (Å²) in [6.07, 6.45) is 1.37. The van der Waals surface area contributed by atoms with Gasteiger partial charge in [-0.15, -0.1) is 0 Å². The van der Waals surface area contributed by atoms with Crippen molar-refractivity contribution in [2.45, 2.75) is 0 Å². The molecular formula is C9H10N2O5. The lowest BCUT2D eigenvalue weighted by atomic mass is 10.3. The summed E-state index contributed by atoms with van der Waals surface area (Å²) >= 11 is 0. The first-order valence-electron chi connectivity index (χ1n) is 4.25. The van der Waals surface area contributed by atoms with Crippen LogP contribution in [0.3, 0.4) is 0 Å². The summed E-state index contributed by atoms with van der Waals surface area (Å²) in [6, 6.07) is 1.01. The Morgan fingerprint density at radius 2 is 2.31 bits per heavy atom. The smallest absolute Gasteiger partial charge is 0.325 e.